The van der Waals surface area contributed by atoms with Crippen LogP contribution in [0.4, 0.5) is 0 Å². The molecule has 0 bridgehead atoms. The zero-order chi connectivity index (χ0) is 16.3. The van der Waals surface area contributed by atoms with Gasteiger partial charge in [0.25, 0.3) is 0 Å². The van der Waals surface area contributed by atoms with Crippen LogP contribution in [-0.2, 0) is 9.59 Å². The van der Waals surface area contributed by atoms with Crippen LogP contribution in [0.1, 0.15) is 49.7 Å². The van der Waals surface area contributed by atoms with Crippen molar-refractivity contribution >= 4 is 11.6 Å². The van der Waals surface area contributed by atoms with E-state index in [-0.39, 0.29) is 17.5 Å². The van der Waals surface area contributed by atoms with Gasteiger partial charge in [0.15, 0.2) is 0 Å². The van der Waals surface area contributed by atoms with Crippen LogP contribution in [-0.4, -0.2) is 11.6 Å². The Balaban J connectivity index is 2.21. The number of rotatable bonds is 4. The predicted molar refractivity (Wildman–Crippen MR) is 91.3 cm³/mol. The smallest absolute Gasteiger partial charge is 0.147 e. The highest BCUT2D eigenvalue weighted by Gasteiger charge is 2.51. The van der Waals surface area contributed by atoms with E-state index in [0.717, 1.165) is 24.0 Å². The maximum atomic E-state index is 12.9. The van der Waals surface area contributed by atoms with Crippen molar-refractivity contribution in [1.29, 1.82) is 0 Å². The number of carbonyl (C=O) groups excluding carboxylic acids is 2. The fourth-order valence-corrected chi connectivity index (χ4v) is 3.99. The number of carbonyl (C=O) groups is 2. The average molecular weight is 306 g/mol. The lowest BCUT2D eigenvalue weighted by Gasteiger charge is -2.41. The molecule has 0 N–H and O–H groups in total. The summed E-state index contributed by atoms with van der Waals surface area (Å²) in [5.41, 5.74) is 1.18. The SMILES string of the molecule is CC(=O)C1(C(c2ccccc2)c2ccccc2)CCCCC1=O. The minimum Gasteiger partial charge on any atom is -0.299 e. The molecular formula is C21H22O2. The first-order valence-electron chi connectivity index (χ1n) is 8.30. The van der Waals surface area contributed by atoms with E-state index in [1.165, 1.54) is 0 Å². The Kier molecular flexibility index (Phi) is 4.42. The largest absolute Gasteiger partial charge is 0.299 e. The second-order valence-electron chi connectivity index (χ2n) is 6.41. The molecule has 1 aliphatic carbocycles. The van der Waals surface area contributed by atoms with Crippen molar-refractivity contribution < 1.29 is 9.59 Å². The molecule has 0 radical (unpaired) electrons. The minimum absolute atomic E-state index is 0.0000869. The fourth-order valence-electron chi connectivity index (χ4n) is 3.99. The monoisotopic (exact) mass is 306 g/mol. The zero-order valence-corrected chi connectivity index (χ0v) is 13.5. The fraction of sp³-hybridized carbons (Fsp3) is 0.333. The topological polar surface area (TPSA) is 34.1 Å². The van der Waals surface area contributed by atoms with Gasteiger partial charge in [-0.3, -0.25) is 9.59 Å². The lowest BCUT2D eigenvalue weighted by Crippen LogP contribution is -2.45. The molecule has 2 heteroatoms. The van der Waals surface area contributed by atoms with Crippen LogP contribution in [0, 0.1) is 5.41 Å². The summed E-state index contributed by atoms with van der Waals surface area (Å²) >= 11 is 0. The van der Waals surface area contributed by atoms with Crippen LogP contribution in [0.15, 0.2) is 60.7 Å². The molecule has 1 atom stereocenters. The summed E-state index contributed by atoms with van der Waals surface area (Å²) in [7, 11) is 0. The Labute approximate surface area is 137 Å². The molecule has 1 fully saturated rings. The molecule has 0 spiro atoms. The maximum Gasteiger partial charge on any atom is 0.147 e. The third-order valence-electron chi connectivity index (χ3n) is 5.11. The van der Waals surface area contributed by atoms with Crippen LogP contribution in [0.3, 0.4) is 0 Å². The Morgan fingerprint density at radius 2 is 1.43 bits per heavy atom. The van der Waals surface area contributed by atoms with Crippen LogP contribution < -0.4 is 0 Å². The van der Waals surface area contributed by atoms with Crippen molar-refractivity contribution in [2.45, 2.75) is 38.5 Å². The highest BCUT2D eigenvalue weighted by Crippen LogP contribution is 2.49. The van der Waals surface area contributed by atoms with Crippen LogP contribution in [0.2, 0.25) is 0 Å². The molecule has 23 heavy (non-hydrogen) atoms. The number of benzene rings is 2. The van der Waals surface area contributed by atoms with E-state index in [2.05, 4.69) is 0 Å². The van der Waals surface area contributed by atoms with Gasteiger partial charge in [-0.2, -0.15) is 0 Å². The third kappa shape index (κ3) is 2.74. The number of Topliss-reactive ketones (excluding diaryl/α,β-unsaturated/α-hetero) is 2. The lowest BCUT2D eigenvalue weighted by molar-refractivity contribution is -0.143. The van der Waals surface area contributed by atoms with Crippen molar-refractivity contribution in [3.05, 3.63) is 71.8 Å². The standard InChI is InChI=1S/C21H22O2/c1-16(22)21(15-9-8-14-19(21)23)20(17-10-4-2-5-11-17)18-12-6-3-7-13-18/h2-7,10-13,20H,8-9,14-15H2,1H3. The van der Waals surface area contributed by atoms with Crippen molar-refractivity contribution in [3.8, 4) is 0 Å². The van der Waals surface area contributed by atoms with Gasteiger partial charge in [0, 0.05) is 12.3 Å². The van der Waals surface area contributed by atoms with Crippen molar-refractivity contribution in [2.75, 3.05) is 0 Å². The van der Waals surface area contributed by atoms with E-state index in [9.17, 15) is 9.59 Å². The number of hydrogen-bond acceptors (Lipinski definition) is 2. The van der Waals surface area contributed by atoms with E-state index in [1.807, 2.05) is 60.7 Å². The van der Waals surface area contributed by atoms with Crippen molar-refractivity contribution in [2.24, 2.45) is 5.41 Å². The predicted octanol–water partition coefficient (Wildman–Crippen LogP) is 4.54. The van der Waals surface area contributed by atoms with E-state index in [4.69, 9.17) is 0 Å². The number of hydrogen-bond donors (Lipinski definition) is 0. The van der Waals surface area contributed by atoms with Gasteiger partial charge in [-0.1, -0.05) is 67.1 Å². The first kappa shape index (κ1) is 15.7. The van der Waals surface area contributed by atoms with E-state index in [0.29, 0.717) is 12.8 Å². The van der Waals surface area contributed by atoms with Crippen molar-refractivity contribution in [3.63, 3.8) is 0 Å². The average Bonchev–Trinajstić information content (AvgIpc) is 2.58. The first-order chi connectivity index (χ1) is 11.2. The summed E-state index contributed by atoms with van der Waals surface area (Å²) in [6.07, 6.45) is 2.98. The molecule has 1 saturated carbocycles. The van der Waals surface area contributed by atoms with Gasteiger partial charge < -0.3 is 0 Å². The lowest BCUT2D eigenvalue weighted by atomic mass is 9.59. The summed E-state index contributed by atoms with van der Waals surface area (Å²) in [6.45, 7) is 1.59. The molecule has 0 heterocycles. The van der Waals surface area contributed by atoms with Gasteiger partial charge in [-0.15, -0.1) is 0 Å². The normalized spacial score (nSPS) is 21.4. The Morgan fingerprint density at radius 3 is 1.87 bits per heavy atom. The summed E-state index contributed by atoms with van der Waals surface area (Å²) in [5.74, 6) is -0.0935. The van der Waals surface area contributed by atoms with Gasteiger partial charge >= 0.3 is 0 Å². The Morgan fingerprint density at radius 1 is 0.913 bits per heavy atom. The summed E-state index contributed by atoms with van der Waals surface area (Å²) in [4.78, 5) is 25.6. The first-order valence-corrected chi connectivity index (χ1v) is 8.30. The molecule has 0 aromatic heterocycles. The minimum atomic E-state index is -0.916. The summed E-state index contributed by atoms with van der Waals surface area (Å²) in [6, 6.07) is 20.0. The Bertz CT molecular complexity index is 651. The van der Waals surface area contributed by atoms with E-state index >= 15 is 0 Å². The molecule has 3 rings (SSSR count). The van der Waals surface area contributed by atoms with Crippen LogP contribution in [0.5, 0.6) is 0 Å². The molecule has 1 unspecified atom stereocenters. The van der Waals surface area contributed by atoms with E-state index < -0.39 is 5.41 Å². The van der Waals surface area contributed by atoms with Gasteiger partial charge in [-0.25, -0.2) is 0 Å². The van der Waals surface area contributed by atoms with Gasteiger partial charge in [0.1, 0.15) is 11.6 Å². The Hall–Kier alpha value is -2.22. The summed E-state index contributed by atoms with van der Waals surface area (Å²) < 4.78 is 0. The maximum absolute atomic E-state index is 12.9. The molecule has 1 aliphatic rings. The molecule has 2 aromatic carbocycles. The highest BCUT2D eigenvalue weighted by atomic mass is 16.2. The molecule has 2 nitrogen and oxygen atoms in total. The molecule has 0 amide bonds. The van der Waals surface area contributed by atoms with E-state index in [1.54, 1.807) is 6.92 Å². The molecule has 0 saturated heterocycles. The quantitative estimate of drug-likeness (QED) is 0.777. The summed E-state index contributed by atoms with van der Waals surface area (Å²) in [5, 5.41) is 0. The molecular weight excluding hydrogens is 284 g/mol. The van der Waals surface area contributed by atoms with Crippen LogP contribution in [0.25, 0.3) is 0 Å². The molecule has 118 valence electrons. The number of ketones is 2. The second kappa shape index (κ2) is 6.49. The van der Waals surface area contributed by atoms with Gasteiger partial charge in [-0.05, 0) is 30.9 Å². The zero-order valence-electron chi connectivity index (χ0n) is 13.5. The third-order valence-corrected chi connectivity index (χ3v) is 5.11. The molecule has 2 aromatic rings. The van der Waals surface area contributed by atoms with Crippen LogP contribution >= 0.6 is 0 Å². The second-order valence-corrected chi connectivity index (χ2v) is 6.41. The van der Waals surface area contributed by atoms with Crippen molar-refractivity contribution in [1.82, 2.24) is 0 Å². The molecule has 0 aliphatic heterocycles. The van der Waals surface area contributed by atoms with Gasteiger partial charge in [0.05, 0.1) is 5.41 Å². The van der Waals surface area contributed by atoms with Gasteiger partial charge in [0.2, 0.25) is 0 Å². The highest BCUT2D eigenvalue weighted by molar-refractivity contribution is 6.08.